The summed E-state index contributed by atoms with van der Waals surface area (Å²) in [6, 6.07) is 10.7. The van der Waals surface area contributed by atoms with Gasteiger partial charge >= 0.3 is 0 Å². The highest BCUT2D eigenvalue weighted by Gasteiger charge is 2.35. The average Bonchev–Trinajstić information content (AvgIpc) is 3.08. The van der Waals surface area contributed by atoms with Crippen LogP contribution >= 0.6 is 0 Å². The van der Waals surface area contributed by atoms with E-state index in [0.29, 0.717) is 36.4 Å². The first-order valence-corrected chi connectivity index (χ1v) is 17.4. The molecule has 0 fully saturated rings. The van der Waals surface area contributed by atoms with Crippen molar-refractivity contribution in [2.24, 2.45) is 11.8 Å². The molecule has 2 heterocycles. The number of amides is 6. The Labute approximate surface area is 299 Å². The summed E-state index contributed by atoms with van der Waals surface area (Å²) in [5.74, 6) is -3.64. The van der Waals surface area contributed by atoms with Gasteiger partial charge < -0.3 is 41.7 Å². The molecule has 2 aromatic carbocycles. The lowest BCUT2D eigenvalue weighted by atomic mass is 9.97. The molecule has 0 aliphatic carbocycles. The summed E-state index contributed by atoms with van der Waals surface area (Å²) >= 11 is 0. The van der Waals surface area contributed by atoms with Gasteiger partial charge in [-0.3, -0.25) is 28.8 Å². The highest BCUT2D eigenvalue weighted by molar-refractivity contribution is 5.94. The zero-order valence-corrected chi connectivity index (χ0v) is 30.2. The lowest BCUT2D eigenvalue weighted by Gasteiger charge is -2.30. The minimum atomic E-state index is -1.83. The van der Waals surface area contributed by atoms with Crippen molar-refractivity contribution in [3.05, 3.63) is 65.7 Å². The molecule has 0 radical (unpaired) electrons. The number of aliphatic hydroxyl groups is 1. The Kier molecular flexibility index (Phi) is 15.4. The highest BCUT2D eigenvalue weighted by Crippen LogP contribution is 2.16. The van der Waals surface area contributed by atoms with Gasteiger partial charge in [-0.1, -0.05) is 70.2 Å². The average molecular weight is 709 g/mol. The first-order chi connectivity index (χ1) is 24.2. The van der Waals surface area contributed by atoms with Crippen LogP contribution in [0.25, 0.3) is 0 Å². The van der Waals surface area contributed by atoms with Crippen molar-refractivity contribution in [1.29, 1.82) is 0 Å². The second-order valence-corrected chi connectivity index (χ2v) is 13.5. The standard InChI is InChI=1S/C37H52N6O8/c1-21(2)30-35(48)38-17-10-18-51-27-15-13-26(14-16-27)20-29(34(47)43-30)41-37(50)32(45)28(19-25-11-8-7-9-12-25)40-36(49)31(22(3)4)42-33(46)23(5)39-24(6)44/h7-9,11-16,21-23,28-32,45H,10,17-20H2,1-6H3,(H,38,48)(H,39,44)(H,40,49)(H,41,50)(H,42,46)(H,43,47)/t23-,28-,29-,30-,31-,32+/m0/s1. The largest absolute Gasteiger partial charge is 0.494 e. The van der Waals surface area contributed by atoms with Gasteiger partial charge in [0, 0.05) is 19.9 Å². The second kappa shape index (κ2) is 19.4. The number of nitrogens with one attached hydrogen (secondary N) is 6. The van der Waals surface area contributed by atoms with E-state index in [1.54, 1.807) is 82.3 Å². The number of fused-ring (bicyclic) bond motifs is 12. The zero-order valence-electron chi connectivity index (χ0n) is 30.2. The second-order valence-electron chi connectivity index (χ2n) is 13.5. The van der Waals surface area contributed by atoms with Crippen LogP contribution in [0.5, 0.6) is 5.75 Å². The Morgan fingerprint density at radius 2 is 1.53 bits per heavy atom. The number of hydrogen-bond acceptors (Lipinski definition) is 8. The number of carbonyl (C=O) groups is 6. The van der Waals surface area contributed by atoms with Crippen LogP contribution in [0, 0.1) is 11.8 Å². The third-order valence-electron chi connectivity index (χ3n) is 8.47. The van der Waals surface area contributed by atoms with E-state index in [2.05, 4.69) is 31.9 Å². The van der Waals surface area contributed by atoms with E-state index in [1.165, 1.54) is 13.8 Å². The summed E-state index contributed by atoms with van der Waals surface area (Å²) in [6.07, 6.45) is -1.21. The van der Waals surface area contributed by atoms with Crippen LogP contribution in [-0.2, 0) is 41.6 Å². The van der Waals surface area contributed by atoms with Gasteiger partial charge in [0.25, 0.3) is 5.91 Å². The molecule has 0 spiro atoms. The van der Waals surface area contributed by atoms with E-state index in [0.717, 1.165) is 0 Å². The fraction of sp³-hybridized carbons (Fsp3) is 0.514. The smallest absolute Gasteiger partial charge is 0.251 e. The molecule has 7 N–H and O–H groups in total. The molecule has 4 rings (SSSR count). The number of carbonyl (C=O) groups excluding carboxylic acids is 6. The van der Waals surface area contributed by atoms with Gasteiger partial charge in [0.05, 0.1) is 12.6 Å². The Balaban J connectivity index is 1.88. The monoisotopic (exact) mass is 708 g/mol. The van der Waals surface area contributed by atoms with Crippen LogP contribution in [0.15, 0.2) is 54.6 Å². The van der Waals surface area contributed by atoms with Crippen LogP contribution < -0.4 is 36.6 Å². The first-order valence-electron chi connectivity index (χ1n) is 17.4. The predicted molar refractivity (Wildman–Crippen MR) is 190 cm³/mol. The van der Waals surface area contributed by atoms with Gasteiger partial charge in [0.15, 0.2) is 6.10 Å². The summed E-state index contributed by atoms with van der Waals surface area (Å²) in [5.41, 5.74) is 1.40. The summed E-state index contributed by atoms with van der Waals surface area (Å²) in [5, 5.41) is 27.6. The molecule has 0 unspecified atom stereocenters. The number of aliphatic hydroxyl groups excluding tert-OH is 1. The molecule has 6 amide bonds. The maximum Gasteiger partial charge on any atom is 0.251 e. The number of benzene rings is 2. The Bertz CT molecular complexity index is 1500. The fourth-order valence-corrected chi connectivity index (χ4v) is 5.54. The van der Waals surface area contributed by atoms with Crippen LogP contribution in [0.3, 0.4) is 0 Å². The third kappa shape index (κ3) is 12.7. The molecule has 2 aromatic rings. The van der Waals surface area contributed by atoms with Gasteiger partial charge in [-0.05, 0) is 54.9 Å². The molecule has 2 aliphatic rings. The van der Waals surface area contributed by atoms with Crippen LogP contribution in [0.4, 0.5) is 0 Å². The van der Waals surface area contributed by atoms with Gasteiger partial charge in [0.1, 0.15) is 29.9 Å². The lowest BCUT2D eigenvalue weighted by molar-refractivity contribution is -0.137. The highest BCUT2D eigenvalue weighted by atomic mass is 16.5. The lowest BCUT2D eigenvalue weighted by Crippen LogP contribution is -2.61. The molecule has 278 valence electrons. The first kappa shape index (κ1) is 40.4. The van der Waals surface area contributed by atoms with E-state index in [-0.39, 0.29) is 24.7 Å². The zero-order chi connectivity index (χ0) is 37.7. The van der Waals surface area contributed by atoms with Crippen molar-refractivity contribution < 1.29 is 38.6 Å². The van der Waals surface area contributed by atoms with E-state index in [4.69, 9.17) is 4.74 Å². The molecule has 2 bridgehead atoms. The van der Waals surface area contributed by atoms with Crippen molar-refractivity contribution in [3.63, 3.8) is 0 Å². The molecule has 0 saturated heterocycles. The van der Waals surface area contributed by atoms with Crippen molar-refractivity contribution >= 4 is 35.4 Å². The maximum absolute atomic E-state index is 13.8. The summed E-state index contributed by atoms with van der Waals surface area (Å²) in [7, 11) is 0. The molecule has 2 aliphatic heterocycles. The topological polar surface area (TPSA) is 204 Å². The normalized spacial score (nSPS) is 19.2. The Hall–Kier alpha value is -4.98. The summed E-state index contributed by atoms with van der Waals surface area (Å²) in [4.78, 5) is 78.5. The maximum atomic E-state index is 13.8. The van der Waals surface area contributed by atoms with Crippen molar-refractivity contribution in [2.75, 3.05) is 13.2 Å². The molecule has 14 nitrogen and oxygen atoms in total. The van der Waals surface area contributed by atoms with Crippen LogP contribution in [0.1, 0.15) is 59.1 Å². The predicted octanol–water partition coefficient (Wildman–Crippen LogP) is 0.507. The van der Waals surface area contributed by atoms with Gasteiger partial charge in [0.2, 0.25) is 29.5 Å². The molecule has 14 heteroatoms. The quantitative estimate of drug-likeness (QED) is 0.165. The Morgan fingerprint density at radius 1 is 0.863 bits per heavy atom. The number of rotatable bonds is 12. The SMILES string of the molecule is CC(=O)N[C@@H](C)C(=O)N[C@H](C(=O)N[C@@H](Cc1ccccc1)[C@@H](O)C(=O)N[C@H]1Cc2ccc(cc2)OCCCNC(=O)[C@H](C(C)C)NC1=O)C(C)C. The molecule has 0 saturated carbocycles. The molecule has 0 aromatic heterocycles. The van der Waals surface area contributed by atoms with E-state index >= 15 is 0 Å². The molecule has 6 atom stereocenters. The van der Waals surface area contributed by atoms with Gasteiger partial charge in [-0.15, -0.1) is 0 Å². The van der Waals surface area contributed by atoms with Gasteiger partial charge in [-0.2, -0.15) is 0 Å². The Morgan fingerprint density at radius 3 is 2.14 bits per heavy atom. The van der Waals surface area contributed by atoms with Crippen molar-refractivity contribution in [3.8, 4) is 5.75 Å². The van der Waals surface area contributed by atoms with Crippen LogP contribution in [-0.4, -0.2) is 90.0 Å². The summed E-state index contributed by atoms with van der Waals surface area (Å²) in [6.45, 7) is 10.5. The molecular weight excluding hydrogens is 656 g/mol. The fourth-order valence-electron chi connectivity index (χ4n) is 5.54. The summed E-state index contributed by atoms with van der Waals surface area (Å²) < 4.78 is 5.76. The van der Waals surface area contributed by atoms with E-state index in [9.17, 15) is 33.9 Å². The molecular formula is C37H52N6O8. The van der Waals surface area contributed by atoms with Gasteiger partial charge in [-0.25, -0.2) is 0 Å². The number of ether oxygens (including phenoxy) is 1. The third-order valence-corrected chi connectivity index (χ3v) is 8.47. The van der Waals surface area contributed by atoms with Crippen molar-refractivity contribution in [1.82, 2.24) is 31.9 Å². The van der Waals surface area contributed by atoms with E-state index in [1.807, 2.05) is 0 Å². The van der Waals surface area contributed by atoms with Crippen molar-refractivity contribution in [2.45, 2.75) is 97.1 Å². The molecule has 51 heavy (non-hydrogen) atoms. The minimum Gasteiger partial charge on any atom is -0.494 e. The van der Waals surface area contributed by atoms with E-state index < -0.39 is 71.8 Å². The minimum absolute atomic E-state index is 0.0284. The van der Waals surface area contributed by atoms with Crippen LogP contribution in [0.2, 0.25) is 0 Å². The number of hydrogen-bond donors (Lipinski definition) is 7.